The van der Waals surface area contributed by atoms with Gasteiger partial charge in [0.2, 0.25) is 0 Å². The quantitative estimate of drug-likeness (QED) is 0.552. The van der Waals surface area contributed by atoms with Crippen LogP contribution in [0.2, 0.25) is 0 Å². The Morgan fingerprint density at radius 2 is 1.89 bits per heavy atom. The van der Waals surface area contributed by atoms with E-state index < -0.39 is 36.1 Å². The molecule has 0 bridgehead atoms. The van der Waals surface area contributed by atoms with E-state index in [-0.39, 0.29) is 18.0 Å². The van der Waals surface area contributed by atoms with Gasteiger partial charge in [0.05, 0.1) is 24.9 Å². The SMILES string of the molecule is CC1(C)O[C@@H]2C(CO)=C(CO)C(=O)[C@H]3O[C@]32C[C@H]1O. The summed E-state index contributed by atoms with van der Waals surface area (Å²) in [6, 6.07) is 0. The maximum atomic E-state index is 12.1. The van der Waals surface area contributed by atoms with Crippen LogP contribution >= 0.6 is 0 Å². The second-order valence-corrected chi connectivity index (χ2v) is 5.96. The molecular weight excluding hydrogens is 252 g/mol. The first-order valence-electron chi connectivity index (χ1n) is 6.39. The molecule has 3 N–H and O–H groups in total. The Morgan fingerprint density at radius 1 is 1.21 bits per heavy atom. The highest BCUT2D eigenvalue weighted by atomic mass is 16.7. The molecule has 2 saturated heterocycles. The topological polar surface area (TPSA) is 99.5 Å². The number of hydrogen-bond donors (Lipinski definition) is 3. The van der Waals surface area contributed by atoms with Crippen LogP contribution in [-0.2, 0) is 14.3 Å². The lowest BCUT2D eigenvalue weighted by molar-refractivity contribution is -0.189. The number of carbonyl (C=O) groups is 1. The molecular formula is C13H18O6. The molecule has 0 saturated carbocycles. The van der Waals surface area contributed by atoms with Crippen LogP contribution in [0.3, 0.4) is 0 Å². The number of carbonyl (C=O) groups excluding carboxylic acids is 1. The van der Waals surface area contributed by atoms with E-state index in [0.717, 1.165) is 0 Å². The Morgan fingerprint density at radius 3 is 2.47 bits per heavy atom. The van der Waals surface area contributed by atoms with Gasteiger partial charge in [-0.1, -0.05) is 0 Å². The van der Waals surface area contributed by atoms with Gasteiger partial charge in [-0.05, 0) is 19.4 Å². The highest BCUT2D eigenvalue weighted by Crippen LogP contribution is 2.56. The summed E-state index contributed by atoms with van der Waals surface area (Å²) in [5.41, 5.74) is -1.09. The Balaban J connectivity index is 2.06. The van der Waals surface area contributed by atoms with Gasteiger partial charge in [-0.2, -0.15) is 0 Å². The number of epoxide rings is 1. The summed E-state index contributed by atoms with van der Waals surface area (Å²) in [4.78, 5) is 12.1. The van der Waals surface area contributed by atoms with Crippen molar-refractivity contribution in [3.63, 3.8) is 0 Å². The van der Waals surface area contributed by atoms with E-state index in [2.05, 4.69) is 0 Å². The number of aliphatic hydroxyl groups is 3. The lowest BCUT2D eigenvalue weighted by Gasteiger charge is -2.45. The number of hydrogen-bond acceptors (Lipinski definition) is 6. The van der Waals surface area contributed by atoms with Gasteiger partial charge in [-0.25, -0.2) is 0 Å². The smallest absolute Gasteiger partial charge is 0.193 e. The zero-order valence-electron chi connectivity index (χ0n) is 10.9. The normalized spacial score (nSPS) is 43.8. The molecule has 2 fully saturated rings. The summed E-state index contributed by atoms with van der Waals surface area (Å²) in [5, 5.41) is 28.9. The minimum atomic E-state index is -0.858. The molecule has 0 aromatic heterocycles. The molecule has 4 atom stereocenters. The number of ether oxygens (including phenoxy) is 2. The second-order valence-electron chi connectivity index (χ2n) is 5.96. The predicted octanol–water partition coefficient (Wildman–Crippen LogP) is -1.08. The molecule has 0 amide bonds. The predicted molar refractivity (Wildman–Crippen MR) is 63.4 cm³/mol. The average Bonchev–Trinajstić information content (AvgIpc) is 3.06. The number of aliphatic hydroxyl groups excluding tert-OH is 3. The minimum Gasteiger partial charge on any atom is -0.392 e. The van der Waals surface area contributed by atoms with Gasteiger partial charge < -0.3 is 24.8 Å². The van der Waals surface area contributed by atoms with Crippen LogP contribution in [0, 0.1) is 0 Å². The number of rotatable bonds is 2. The lowest BCUT2D eigenvalue weighted by Crippen LogP contribution is -2.58. The van der Waals surface area contributed by atoms with Gasteiger partial charge >= 0.3 is 0 Å². The van der Waals surface area contributed by atoms with Gasteiger partial charge in [0.25, 0.3) is 0 Å². The average molecular weight is 270 g/mol. The monoisotopic (exact) mass is 270 g/mol. The first-order chi connectivity index (χ1) is 8.87. The van der Waals surface area contributed by atoms with Crippen LogP contribution in [-0.4, -0.2) is 63.8 Å². The Kier molecular flexibility index (Phi) is 2.69. The number of ketones is 1. The molecule has 0 aromatic rings. The Hall–Kier alpha value is -0.790. The van der Waals surface area contributed by atoms with Gasteiger partial charge in [0, 0.05) is 12.0 Å². The summed E-state index contributed by atoms with van der Waals surface area (Å²) in [5.74, 6) is -0.307. The first kappa shape index (κ1) is 13.2. The highest BCUT2D eigenvalue weighted by Gasteiger charge is 2.73. The molecule has 6 heteroatoms. The highest BCUT2D eigenvalue weighted by molar-refractivity contribution is 6.04. The van der Waals surface area contributed by atoms with Gasteiger partial charge in [0.15, 0.2) is 11.9 Å². The standard InChI is InChI=1S/C13H18O6/c1-12(2)8(16)3-13-10(18-12)7(5-15)6(4-14)9(17)11(13)19-13/h8,10-11,14-16H,3-5H2,1-2H3/t8-,10-,11-,13+/m1/s1. The van der Waals surface area contributed by atoms with E-state index in [1.54, 1.807) is 13.8 Å². The molecule has 1 aliphatic carbocycles. The van der Waals surface area contributed by atoms with Crippen molar-refractivity contribution in [2.45, 2.75) is 49.8 Å². The van der Waals surface area contributed by atoms with Crippen molar-refractivity contribution in [1.82, 2.24) is 0 Å². The van der Waals surface area contributed by atoms with Crippen LogP contribution in [0.25, 0.3) is 0 Å². The largest absolute Gasteiger partial charge is 0.392 e. The van der Waals surface area contributed by atoms with E-state index in [1.165, 1.54) is 0 Å². The maximum Gasteiger partial charge on any atom is 0.193 e. The molecule has 0 unspecified atom stereocenters. The molecule has 19 heavy (non-hydrogen) atoms. The lowest BCUT2D eigenvalue weighted by atomic mass is 9.73. The van der Waals surface area contributed by atoms with E-state index >= 15 is 0 Å². The minimum absolute atomic E-state index is 0.179. The molecule has 0 radical (unpaired) electrons. The van der Waals surface area contributed by atoms with Crippen LogP contribution in [0.4, 0.5) is 0 Å². The molecule has 0 aromatic carbocycles. The Labute approximate surface area is 110 Å². The van der Waals surface area contributed by atoms with Gasteiger partial charge in [-0.3, -0.25) is 4.79 Å². The summed E-state index contributed by atoms with van der Waals surface area (Å²) in [7, 11) is 0. The van der Waals surface area contributed by atoms with Gasteiger partial charge in [0.1, 0.15) is 11.7 Å². The summed E-state index contributed by atoms with van der Waals surface area (Å²) < 4.78 is 11.4. The van der Waals surface area contributed by atoms with Crippen molar-refractivity contribution in [1.29, 1.82) is 0 Å². The van der Waals surface area contributed by atoms with Crippen molar-refractivity contribution >= 4 is 5.78 Å². The van der Waals surface area contributed by atoms with Gasteiger partial charge in [-0.15, -0.1) is 0 Å². The van der Waals surface area contributed by atoms with E-state index in [4.69, 9.17) is 9.47 Å². The molecule has 2 aliphatic heterocycles. The molecule has 2 heterocycles. The second kappa shape index (κ2) is 3.86. The maximum absolute atomic E-state index is 12.1. The zero-order chi connectivity index (χ0) is 14.0. The fourth-order valence-corrected chi connectivity index (χ4v) is 3.15. The number of Topliss-reactive ketones (excluding diaryl/α,β-unsaturated/α-hetero) is 1. The molecule has 106 valence electrons. The van der Waals surface area contributed by atoms with E-state index in [9.17, 15) is 20.1 Å². The third-order valence-electron chi connectivity index (χ3n) is 4.47. The fraction of sp³-hybridized carbons (Fsp3) is 0.769. The molecule has 3 aliphatic rings. The third kappa shape index (κ3) is 1.58. The summed E-state index contributed by atoms with van der Waals surface area (Å²) in [6.45, 7) is 2.71. The molecule has 6 nitrogen and oxygen atoms in total. The molecule has 3 rings (SSSR count). The molecule has 1 spiro atoms. The van der Waals surface area contributed by atoms with Crippen molar-refractivity contribution in [3.05, 3.63) is 11.1 Å². The van der Waals surface area contributed by atoms with E-state index in [1.807, 2.05) is 0 Å². The van der Waals surface area contributed by atoms with Crippen molar-refractivity contribution < 1.29 is 29.6 Å². The fourth-order valence-electron chi connectivity index (χ4n) is 3.15. The first-order valence-corrected chi connectivity index (χ1v) is 6.39. The zero-order valence-corrected chi connectivity index (χ0v) is 10.9. The van der Waals surface area contributed by atoms with Crippen LogP contribution in [0.5, 0.6) is 0 Å². The summed E-state index contributed by atoms with van der Waals surface area (Å²) in [6.07, 6.45) is -1.69. The van der Waals surface area contributed by atoms with Crippen LogP contribution in [0.15, 0.2) is 11.1 Å². The Bertz CT molecular complexity index is 468. The summed E-state index contributed by atoms with van der Waals surface area (Å²) >= 11 is 0. The van der Waals surface area contributed by atoms with Crippen molar-refractivity contribution in [2.24, 2.45) is 0 Å². The van der Waals surface area contributed by atoms with Crippen LogP contribution in [0.1, 0.15) is 20.3 Å². The third-order valence-corrected chi connectivity index (χ3v) is 4.47. The van der Waals surface area contributed by atoms with Crippen molar-refractivity contribution in [3.8, 4) is 0 Å². The van der Waals surface area contributed by atoms with Crippen LogP contribution < -0.4 is 0 Å². The van der Waals surface area contributed by atoms with Crippen molar-refractivity contribution in [2.75, 3.05) is 13.2 Å². The van der Waals surface area contributed by atoms with E-state index in [0.29, 0.717) is 12.0 Å².